The number of Topliss-reactive ketones (excluding diaryl/α,β-unsaturated/α-hetero) is 1. The Morgan fingerprint density at radius 2 is 1.14 bits per heavy atom. The van der Waals surface area contributed by atoms with Crippen molar-refractivity contribution in [2.45, 2.75) is 91.1 Å². The monoisotopic (exact) mass is 617 g/mol. The Morgan fingerprint density at radius 1 is 0.767 bits per heavy atom. The van der Waals surface area contributed by atoms with Crippen molar-refractivity contribution in [1.29, 1.82) is 0 Å². The number of hydrogen-bond acceptors (Lipinski definition) is 8. The molecule has 2 aliphatic heterocycles. The molecule has 0 saturated carbocycles. The van der Waals surface area contributed by atoms with Crippen LogP contribution in [0.15, 0.2) is 48.5 Å². The Balaban J connectivity index is 0.000000259. The zero-order valence-corrected chi connectivity index (χ0v) is 27.8. The van der Waals surface area contributed by atoms with Crippen LogP contribution in [0.25, 0.3) is 0 Å². The van der Waals surface area contributed by atoms with Crippen LogP contribution < -0.4 is 21.0 Å². The van der Waals surface area contributed by atoms with Crippen molar-refractivity contribution < 1.29 is 38.0 Å². The van der Waals surface area contributed by atoms with Crippen molar-refractivity contribution >= 4 is 48.5 Å². The number of phenols is 1. The topological polar surface area (TPSA) is 113 Å². The summed E-state index contributed by atoms with van der Waals surface area (Å²) in [6, 6.07) is 14.4. The van der Waals surface area contributed by atoms with Crippen LogP contribution in [-0.4, -0.2) is 73.0 Å². The maximum atomic E-state index is 11.2. The highest BCUT2D eigenvalue weighted by Crippen LogP contribution is 2.37. The fourth-order valence-corrected chi connectivity index (χ4v) is 3.78. The molecule has 2 heterocycles. The zero-order chi connectivity index (χ0) is 32.6. The third kappa shape index (κ3) is 9.98. The number of carbonyl (C=O) groups excluding carboxylic acids is 2. The Labute approximate surface area is 262 Å². The number of hydrogen-bond donors (Lipinski definition) is 2. The first-order chi connectivity index (χ1) is 19.9. The van der Waals surface area contributed by atoms with E-state index in [0.717, 1.165) is 10.9 Å². The smallest absolute Gasteiger partial charge is 0.494 e. The molecule has 12 heteroatoms. The van der Waals surface area contributed by atoms with E-state index >= 15 is 0 Å². The lowest BCUT2D eigenvalue weighted by atomic mass is 9.79. The van der Waals surface area contributed by atoms with Gasteiger partial charge in [-0.2, -0.15) is 0 Å². The number of carbonyl (C=O) groups is 2. The molecule has 2 fully saturated rings. The molecule has 1 amide bonds. The Kier molecular flexibility index (Phi) is 12.7. The van der Waals surface area contributed by atoms with E-state index in [9.17, 15) is 14.7 Å². The summed E-state index contributed by atoms with van der Waals surface area (Å²) in [5.74, 6) is 0.926. The van der Waals surface area contributed by atoms with E-state index in [1.165, 1.54) is 0 Å². The minimum absolute atomic E-state index is 0.0521. The van der Waals surface area contributed by atoms with Gasteiger partial charge in [-0.1, -0.05) is 31.2 Å². The normalized spacial score (nSPS) is 19.0. The summed E-state index contributed by atoms with van der Waals surface area (Å²) in [6.45, 7) is 18.1. The molecule has 43 heavy (non-hydrogen) atoms. The zero-order valence-electron chi connectivity index (χ0n) is 27.1. The number of amides is 1. The predicted octanol–water partition coefficient (Wildman–Crippen LogP) is 4.01. The lowest BCUT2D eigenvalue weighted by Gasteiger charge is -2.32. The van der Waals surface area contributed by atoms with Crippen molar-refractivity contribution in [3.8, 4) is 11.5 Å². The third-order valence-electron chi connectivity index (χ3n) is 8.02. The number of halogens is 1. The van der Waals surface area contributed by atoms with Crippen LogP contribution in [0, 0.1) is 0 Å². The summed E-state index contributed by atoms with van der Waals surface area (Å²) in [6.07, 6.45) is 0.492. The SMILES string of the molecule is CC1(C)OB(c2ccc(O)cc2)OC1(C)C.CCC(=O)COc1ccc(B2OC(C)(C)C(C)(C)O2)cc1.CNC(=O)CCl. The largest absolute Gasteiger partial charge is 0.508 e. The van der Waals surface area contributed by atoms with Gasteiger partial charge in [-0.3, -0.25) is 9.59 Å². The molecule has 236 valence electrons. The first kappa shape index (κ1) is 36.6. The number of benzene rings is 2. The second kappa shape index (κ2) is 14.9. The van der Waals surface area contributed by atoms with Crippen LogP contribution in [-0.2, 0) is 28.2 Å². The highest BCUT2D eigenvalue weighted by molar-refractivity contribution is 6.62. The minimum atomic E-state index is -0.374. The maximum Gasteiger partial charge on any atom is 0.494 e. The lowest BCUT2D eigenvalue weighted by Crippen LogP contribution is -2.41. The van der Waals surface area contributed by atoms with E-state index < -0.39 is 0 Å². The van der Waals surface area contributed by atoms with Crippen LogP contribution in [0.1, 0.15) is 68.7 Å². The number of aromatic hydroxyl groups is 1. The fourth-order valence-electron chi connectivity index (χ4n) is 3.64. The van der Waals surface area contributed by atoms with Gasteiger partial charge in [0.1, 0.15) is 24.0 Å². The van der Waals surface area contributed by atoms with E-state index in [0.29, 0.717) is 12.2 Å². The maximum absolute atomic E-state index is 11.2. The predicted molar refractivity (Wildman–Crippen MR) is 172 cm³/mol. The first-order valence-electron chi connectivity index (χ1n) is 14.4. The van der Waals surface area contributed by atoms with Gasteiger partial charge >= 0.3 is 14.2 Å². The fraction of sp³-hybridized carbons (Fsp3) is 0.548. The highest BCUT2D eigenvalue weighted by atomic mass is 35.5. The van der Waals surface area contributed by atoms with Crippen LogP contribution >= 0.6 is 11.6 Å². The minimum Gasteiger partial charge on any atom is -0.508 e. The molecule has 0 atom stereocenters. The van der Waals surface area contributed by atoms with E-state index in [2.05, 4.69) is 5.32 Å². The van der Waals surface area contributed by atoms with Gasteiger partial charge in [0, 0.05) is 13.5 Å². The van der Waals surface area contributed by atoms with Crippen molar-refractivity contribution in [3.63, 3.8) is 0 Å². The van der Waals surface area contributed by atoms with Gasteiger partial charge in [-0.25, -0.2) is 0 Å². The molecule has 0 unspecified atom stereocenters. The number of phenolic OH excluding ortho intramolecular Hbond substituents is 1. The van der Waals surface area contributed by atoms with Crippen LogP contribution in [0.5, 0.6) is 11.5 Å². The van der Waals surface area contributed by atoms with E-state index in [1.54, 1.807) is 19.2 Å². The Bertz CT molecular complexity index is 1170. The second-order valence-corrected chi connectivity index (χ2v) is 12.6. The summed E-state index contributed by atoms with van der Waals surface area (Å²) in [4.78, 5) is 21.2. The van der Waals surface area contributed by atoms with Crippen molar-refractivity contribution in [2.75, 3.05) is 19.5 Å². The molecular formula is C31H46B2ClNO8. The highest BCUT2D eigenvalue weighted by Gasteiger charge is 2.52. The average molecular weight is 618 g/mol. The van der Waals surface area contributed by atoms with E-state index in [4.69, 9.17) is 35.0 Å². The second-order valence-electron chi connectivity index (χ2n) is 12.3. The average Bonchev–Trinajstić information content (AvgIpc) is 3.31. The number of alkyl halides is 1. The number of ether oxygens (including phenoxy) is 1. The van der Waals surface area contributed by atoms with Gasteiger partial charge in [-0.15, -0.1) is 11.6 Å². The standard InChI is InChI=1S/C16H23BO4.C12H17BO3.C3H6ClNO/c1-6-13(18)11-19-14-9-7-12(8-10-14)17-20-15(2,3)16(4,5)21-17;1-11(2)12(3,4)16-13(15-11)9-5-7-10(14)8-6-9;1-5-3(6)2-4/h7-10H,6,11H2,1-5H3;5-8,14H,1-4H3;2H2,1H3,(H,5,6). The molecule has 4 rings (SSSR count). The number of ketones is 1. The number of rotatable bonds is 7. The molecule has 0 spiro atoms. The molecule has 9 nitrogen and oxygen atoms in total. The third-order valence-corrected chi connectivity index (χ3v) is 8.26. The molecule has 2 saturated heterocycles. The Hall–Kier alpha value is -2.56. The van der Waals surface area contributed by atoms with Gasteiger partial charge in [0.25, 0.3) is 0 Å². The molecule has 0 bridgehead atoms. The molecule has 0 aliphatic carbocycles. The van der Waals surface area contributed by atoms with Gasteiger partial charge < -0.3 is 33.8 Å². The van der Waals surface area contributed by atoms with Gasteiger partial charge in [0.15, 0.2) is 5.78 Å². The van der Waals surface area contributed by atoms with E-state index in [-0.39, 0.29) is 66.6 Å². The van der Waals surface area contributed by atoms with Gasteiger partial charge in [0.2, 0.25) is 5.91 Å². The first-order valence-corrected chi connectivity index (χ1v) is 14.9. The van der Waals surface area contributed by atoms with Crippen molar-refractivity contribution in [3.05, 3.63) is 48.5 Å². The molecule has 0 radical (unpaired) electrons. The lowest BCUT2D eigenvalue weighted by molar-refractivity contribution is -0.120. The number of nitrogens with one attached hydrogen (secondary N) is 1. The summed E-state index contributed by atoms with van der Waals surface area (Å²) in [5, 5.41) is 11.6. The van der Waals surface area contributed by atoms with Crippen LogP contribution in [0.2, 0.25) is 0 Å². The molecule has 2 N–H and O–H groups in total. The Morgan fingerprint density at radius 3 is 1.44 bits per heavy atom. The van der Waals surface area contributed by atoms with E-state index in [1.807, 2.05) is 98.7 Å². The summed E-state index contributed by atoms with van der Waals surface area (Å²) in [5.41, 5.74) is 0.533. The molecule has 2 aliphatic rings. The molecular weight excluding hydrogens is 571 g/mol. The summed E-state index contributed by atoms with van der Waals surface area (Å²) >= 11 is 5.04. The molecule has 0 aromatic heterocycles. The molecule has 2 aromatic carbocycles. The van der Waals surface area contributed by atoms with Gasteiger partial charge in [-0.05, 0) is 90.6 Å². The van der Waals surface area contributed by atoms with Crippen molar-refractivity contribution in [2.24, 2.45) is 0 Å². The summed E-state index contributed by atoms with van der Waals surface area (Å²) in [7, 11) is 0.817. The molecule has 2 aromatic rings. The summed E-state index contributed by atoms with van der Waals surface area (Å²) < 4.78 is 29.2. The van der Waals surface area contributed by atoms with Crippen molar-refractivity contribution in [1.82, 2.24) is 5.32 Å². The van der Waals surface area contributed by atoms with Crippen LogP contribution in [0.4, 0.5) is 0 Å². The van der Waals surface area contributed by atoms with Gasteiger partial charge in [0.05, 0.1) is 22.4 Å². The van der Waals surface area contributed by atoms with Crippen LogP contribution in [0.3, 0.4) is 0 Å². The quantitative estimate of drug-likeness (QED) is 0.354.